The molecule has 1 saturated heterocycles. The number of nitrogens with one attached hydrogen (secondary N) is 1. The van der Waals surface area contributed by atoms with E-state index in [1.807, 2.05) is 18.2 Å². The fraction of sp³-hybridized carbons (Fsp3) is 0.571. The van der Waals surface area contributed by atoms with Crippen LogP contribution in [0.15, 0.2) is 18.2 Å². The molecular weight excluding hydrogens is 264 g/mol. The summed E-state index contributed by atoms with van der Waals surface area (Å²) >= 11 is 6.03. The first-order valence-corrected chi connectivity index (χ1v) is 7.03. The molecule has 4 nitrogen and oxygen atoms in total. The van der Waals surface area contributed by atoms with Crippen LogP contribution < -0.4 is 16.0 Å². The van der Waals surface area contributed by atoms with Gasteiger partial charge in [-0.05, 0) is 43.4 Å². The van der Waals surface area contributed by atoms with Crippen molar-refractivity contribution in [3.05, 3.63) is 28.8 Å². The van der Waals surface area contributed by atoms with Crippen LogP contribution in [0.25, 0.3) is 0 Å². The van der Waals surface area contributed by atoms with E-state index >= 15 is 0 Å². The lowest BCUT2D eigenvalue weighted by Gasteiger charge is -2.19. The van der Waals surface area contributed by atoms with Crippen molar-refractivity contribution in [1.82, 2.24) is 5.43 Å². The average Bonchev–Trinajstić information content (AvgIpc) is 2.94. The van der Waals surface area contributed by atoms with Crippen LogP contribution >= 0.6 is 11.6 Å². The normalized spacial score (nSPS) is 20.5. The Labute approximate surface area is 119 Å². The first kappa shape index (κ1) is 14.6. The van der Waals surface area contributed by atoms with Gasteiger partial charge in [-0.2, -0.15) is 0 Å². The number of ether oxygens (including phenoxy) is 2. The van der Waals surface area contributed by atoms with Gasteiger partial charge in [0.25, 0.3) is 0 Å². The Balaban J connectivity index is 1.99. The number of nitrogens with two attached hydrogens (primary N) is 1. The molecule has 106 valence electrons. The van der Waals surface area contributed by atoms with Gasteiger partial charge in [0, 0.05) is 12.6 Å². The van der Waals surface area contributed by atoms with Gasteiger partial charge in [-0.3, -0.25) is 11.3 Å². The maximum atomic E-state index is 6.03. The first-order valence-electron chi connectivity index (χ1n) is 6.65. The minimum absolute atomic E-state index is 0.0929. The summed E-state index contributed by atoms with van der Waals surface area (Å²) in [5.74, 6) is 6.33. The summed E-state index contributed by atoms with van der Waals surface area (Å²) < 4.78 is 10.9. The number of benzene rings is 1. The zero-order valence-corrected chi connectivity index (χ0v) is 12.0. The van der Waals surface area contributed by atoms with Crippen LogP contribution in [0.3, 0.4) is 0 Å². The third-order valence-corrected chi connectivity index (χ3v) is 3.89. The average molecular weight is 285 g/mol. The number of hydrazine groups is 1. The summed E-state index contributed by atoms with van der Waals surface area (Å²) in [5.41, 5.74) is 3.94. The SMILES string of the molecule is COc1cc(C(CCC2CCCO2)NN)ccc1Cl. The van der Waals surface area contributed by atoms with E-state index < -0.39 is 0 Å². The molecule has 1 fully saturated rings. The highest BCUT2D eigenvalue weighted by Gasteiger charge is 2.19. The topological polar surface area (TPSA) is 56.5 Å². The molecule has 2 rings (SSSR count). The number of hydrogen-bond donors (Lipinski definition) is 2. The van der Waals surface area contributed by atoms with Crippen LogP contribution in [0.5, 0.6) is 5.75 Å². The molecule has 1 aliphatic rings. The van der Waals surface area contributed by atoms with Gasteiger partial charge in [0.1, 0.15) is 5.75 Å². The van der Waals surface area contributed by atoms with E-state index in [0.29, 0.717) is 16.9 Å². The van der Waals surface area contributed by atoms with Crippen molar-refractivity contribution in [2.75, 3.05) is 13.7 Å². The molecule has 0 aromatic heterocycles. The smallest absolute Gasteiger partial charge is 0.137 e. The fourth-order valence-electron chi connectivity index (χ4n) is 2.46. The lowest BCUT2D eigenvalue weighted by Crippen LogP contribution is -2.28. The van der Waals surface area contributed by atoms with Crippen molar-refractivity contribution in [3.8, 4) is 5.75 Å². The molecule has 1 aromatic rings. The Bertz CT molecular complexity index is 408. The summed E-state index contributed by atoms with van der Waals surface area (Å²) in [6.45, 7) is 0.889. The van der Waals surface area contributed by atoms with E-state index in [4.69, 9.17) is 26.9 Å². The van der Waals surface area contributed by atoms with Gasteiger partial charge in [0.2, 0.25) is 0 Å². The maximum Gasteiger partial charge on any atom is 0.137 e. The molecule has 0 spiro atoms. The summed E-state index contributed by atoms with van der Waals surface area (Å²) in [6, 6.07) is 5.84. The molecule has 2 unspecified atom stereocenters. The van der Waals surface area contributed by atoms with E-state index in [1.165, 1.54) is 6.42 Å². The standard InChI is InChI=1S/C14H21ClN2O2/c1-18-14-9-10(4-6-12(14)15)13(17-16)7-5-11-3-2-8-19-11/h4,6,9,11,13,17H,2-3,5,7-8,16H2,1H3. The second-order valence-electron chi connectivity index (χ2n) is 4.83. The van der Waals surface area contributed by atoms with E-state index in [9.17, 15) is 0 Å². The molecule has 19 heavy (non-hydrogen) atoms. The second kappa shape index (κ2) is 7.10. The summed E-state index contributed by atoms with van der Waals surface area (Å²) in [5, 5.41) is 0.612. The second-order valence-corrected chi connectivity index (χ2v) is 5.23. The quantitative estimate of drug-likeness (QED) is 0.623. The third-order valence-electron chi connectivity index (χ3n) is 3.58. The zero-order valence-electron chi connectivity index (χ0n) is 11.2. The molecule has 1 heterocycles. The fourth-order valence-corrected chi connectivity index (χ4v) is 2.66. The highest BCUT2D eigenvalue weighted by atomic mass is 35.5. The van der Waals surface area contributed by atoms with E-state index in [1.54, 1.807) is 7.11 Å². The third kappa shape index (κ3) is 3.83. The number of hydrogen-bond acceptors (Lipinski definition) is 4. The minimum atomic E-state index is 0.0929. The molecule has 0 saturated carbocycles. The van der Waals surface area contributed by atoms with Crippen molar-refractivity contribution in [2.24, 2.45) is 5.84 Å². The molecule has 0 amide bonds. The van der Waals surface area contributed by atoms with Crippen molar-refractivity contribution in [1.29, 1.82) is 0 Å². The van der Waals surface area contributed by atoms with Crippen molar-refractivity contribution in [3.63, 3.8) is 0 Å². The summed E-state index contributed by atoms with van der Waals surface area (Å²) in [4.78, 5) is 0. The lowest BCUT2D eigenvalue weighted by atomic mass is 9.99. The van der Waals surface area contributed by atoms with E-state index in [0.717, 1.165) is 31.4 Å². The number of halogens is 1. The molecule has 1 aliphatic heterocycles. The molecule has 3 N–H and O–H groups in total. The van der Waals surface area contributed by atoms with Crippen LogP contribution in [0.1, 0.15) is 37.3 Å². The van der Waals surface area contributed by atoms with Gasteiger partial charge >= 0.3 is 0 Å². The van der Waals surface area contributed by atoms with Gasteiger partial charge in [-0.1, -0.05) is 17.7 Å². The Morgan fingerprint density at radius 1 is 1.58 bits per heavy atom. The minimum Gasteiger partial charge on any atom is -0.495 e. The zero-order chi connectivity index (χ0) is 13.7. The van der Waals surface area contributed by atoms with Gasteiger partial charge < -0.3 is 9.47 Å². The van der Waals surface area contributed by atoms with Gasteiger partial charge in [0.15, 0.2) is 0 Å². The van der Waals surface area contributed by atoms with E-state index in [-0.39, 0.29) is 6.04 Å². The van der Waals surface area contributed by atoms with Gasteiger partial charge in [0.05, 0.1) is 18.2 Å². The molecule has 5 heteroatoms. The van der Waals surface area contributed by atoms with Crippen molar-refractivity contribution in [2.45, 2.75) is 37.8 Å². The molecular formula is C14H21ClN2O2. The molecule has 1 aromatic carbocycles. The largest absolute Gasteiger partial charge is 0.495 e. The van der Waals surface area contributed by atoms with Crippen molar-refractivity contribution < 1.29 is 9.47 Å². The maximum absolute atomic E-state index is 6.03. The van der Waals surface area contributed by atoms with E-state index in [2.05, 4.69) is 5.43 Å². The number of rotatable bonds is 6. The van der Waals surface area contributed by atoms with Crippen molar-refractivity contribution >= 4 is 11.6 Å². The summed E-state index contributed by atoms with van der Waals surface area (Å²) in [6.07, 6.45) is 4.65. The summed E-state index contributed by atoms with van der Waals surface area (Å²) in [7, 11) is 1.61. The van der Waals surface area contributed by atoms with Crippen LogP contribution in [0, 0.1) is 0 Å². The van der Waals surface area contributed by atoms with Gasteiger partial charge in [-0.15, -0.1) is 0 Å². The van der Waals surface area contributed by atoms with Crippen LogP contribution in [-0.4, -0.2) is 19.8 Å². The number of methoxy groups -OCH3 is 1. The Morgan fingerprint density at radius 2 is 2.42 bits per heavy atom. The molecule has 2 atom stereocenters. The Hall–Kier alpha value is -0.810. The first-order chi connectivity index (χ1) is 9.24. The highest BCUT2D eigenvalue weighted by Crippen LogP contribution is 2.30. The lowest BCUT2D eigenvalue weighted by molar-refractivity contribution is 0.0996. The predicted octanol–water partition coefficient (Wildman–Crippen LogP) is 2.81. The van der Waals surface area contributed by atoms with Gasteiger partial charge in [-0.25, -0.2) is 0 Å². The van der Waals surface area contributed by atoms with Crippen LogP contribution in [0.2, 0.25) is 5.02 Å². The Kier molecular flexibility index (Phi) is 5.45. The molecule has 0 bridgehead atoms. The highest BCUT2D eigenvalue weighted by molar-refractivity contribution is 6.32. The van der Waals surface area contributed by atoms with Crippen LogP contribution in [-0.2, 0) is 4.74 Å². The molecule has 0 radical (unpaired) electrons. The monoisotopic (exact) mass is 284 g/mol. The molecule has 0 aliphatic carbocycles. The Morgan fingerprint density at radius 3 is 3.05 bits per heavy atom. The van der Waals surface area contributed by atoms with Crippen LogP contribution in [0.4, 0.5) is 0 Å². The predicted molar refractivity (Wildman–Crippen MR) is 76.3 cm³/mol.